The molecule has 0 aliphatic carbocycles. The second kappa shape index (κ2) is 3.47. The zero-order valence-corrected chi connectivity index (χ0v) is 9.99. The number of aryl methyl sites for hydroxylation is 1. The topological polar surface area (TPSA) is 29.0 Å². The fourth-order valence-corrected chi connectivity index (χ4v) is 2.57. The molecule has 2 rings (SSSR count). The van der Waals surface area contributed by atoms with E-state index in [9.17, 15) is 0 Å². The third kappa shape index (κ3) is 1.96. The molecule has 0 amide bonds. The summed E-state index contributed by atoms with van der Waals surface area (Å²) in [5.41, 5.74) is 1.20. The lowest BCUT2D eigenvalue weighted by atomic mass is 9.98. The van der Waals surface area contributed by atoms with Gasteiger partial charge in [-0.1, -0.05) is 6.92 Å². The molecule has 0 aromatic carbocycles. The third-order valence-electron chi connectivity index (χ3n) is 3.09. The van der Waals surface area contributed by atoms with Crippen LogP contribution in [0.25, 0.3) is 0 Å². The zero-order valence-electron chi connectivity index (χ0n) is 9.99. The van der Waals surface area contributed by atoms with E-state index in [0.29, 0.717) is 0 Å². The van der Waals surface area contributed by atoms with Crippen molar-refractivity contribution in [1.29, 1.82) is 0 Å². The van der Waals surface area contributed by atoms with Crippen LogP contribution in [0.3, 0.4) is 0 Å². The fourth-order valence-electron chi connectivity index (χ4n) is 2.57. The highest BCUT2D eigenvalue weighted by molar-refractivity contribution is 5.41. The molecule has 0 saturated carbocycles. The summed E-state index contributed by atoms with van der Waals surface area (Å²) < 4.78 is 0. The molecule has 1 atom stereocenters. The Kier molecular flexibility index (Phi) is 2.41. The predicted octanol–water partition coefficient (Wildman–Crippen LogP) is 2.41. The molecule has 0 bridgehead atoms. The first-order valence-corrected chi connectivity index (χ1v) is 5.55. The van der Waals surface area contributed by atoms with Gasteiger partial charge in [0, 0.05) is 18.3 Å². The fraction of sp³-hybridized carbons (Fsp3) is 0.667. The van der Waals surface area contributed by atoms with Gasteiger partial charge < -0.3 is 4.90 Å². The van der Waals surface area contributed by atoms with Crippen molar-refractivity contribution in [1.82, 2.24) is 9.97 Å². The van der Waals surface area contributed by atoms with Crippen LogP contribution in [-0.4, -0.2) is 22.1 Å². The Hall–Kier alpha value is -1.12. The van der Waals surface area contributed by atoms with Crippen LogP contribution < -0.4 is 4.90 Å². The van der Waals surface area contributed by atoms with Crippen molar-refractivity contribution in [2.45, 2.75) is 39.7 Å². The van der Waals surface area contributed by atoms with Crippen molar-refractivity contribution < 1.29 is 0 Å². The minimum absolute atomic E-state index is 0.210. The van der Waals surface area contributed by atoms with E-state index in [1.165, 1.54) is 6.42 Å². The maximum Gasteiger partial charge on any atom is 0.147 e. The van der Waals surface area contributed by atoms with Crippen molar-refractivity contribution in [3.63, 3.8) is 0 Å². The number of anilines is 1. The van der Waals surface area contributed by atoms with E-state index in [-0.39, 0.29) is 5.54 Å². The molecule has 1 aliphatic rings. The molecule has 0 radical (unpaired) electrons. The number of rotatable bonds is 1. The van der Waals surface area contributed by atoms with Crippen molar-refractivity contribution in [2.75, 3.05) is 11.4 Å². The van der Waals surface area contributed by atoms with Gasteiger partial charge in [0.15, 0.2) is 0 Å². The SMILES string of the molecule is Cc1cncc(N2CC(C)CC2(C)C)n1. The van der Waals surface area contributed by atoms with Crippen LogP contribution in [0.5, 0.6) is 0 Å². The van der Waals surface area contributed by atoms with Gasteiger partial charge in [0.25, 0.3) is 0 Å². The molecule has 82 valence electrons. The highest BCUT2D eigenvalue weighted by Crippen LogP contribution is 2.35. The maximum atomic E-state index is 4.55. The molecule has 1 unspecified atom stereocenters. The first kappa shape index (κ1) is 10.4. The molecule has 1 fully saturated rings. The Morgan fingerprint density at radius 3 is 2.67 bits per heavy atom. The Balaban J connectivity index is 2.31. The molecule has 2 heterocycles. The van der Waals surface area contributed by atoms with E-state index in [2.05, 4.69) is 35.6 Å². The Bertz CT molecular complexity index is 360. The first-order chi connectivity index (χ1) is 6.99. The van der Waals surface area contributed by atoms with E-state index >= 15 is 0 Å². The first-order valence-electron chi connectivity index (χ1n) is 5.55. The average Bonchev–Trinajstić information content (AvgIpc) is 2.39. The lowest BCUT2D eigenvalue weighted by Gasteiger charge is -2.32. The highest BCUT2D eigenvalue weighted by atomic mass is 15.3. The monoisotopic (exact) mass is 205 g/mol. The van der Waals surface area contributed by atoms with Crippen LogP contribution in [0.2, 0.25) is 0 Å². The summed E-state index contributed by atoms with van der Waals surface area (Å²) >= 11 is 0. The van der Waals surface area contributed by atoms with Crippen molar-refractivity contribution in [3.05, 3.63) is 18.1 Å². The molecule has 15 heavy (non-hydrogen) atoms. The minimum atomic E-state index is 0.210. The minimum Gasteiger partial charge on any atom is -0.350 e. The van der Waals surface area contributed by atoms with Crippen molar-refractivity contribution in [2.24, 2.45) is 5.92 Å². The smallest absolute Gasteiger partial charge is 0.147 e. The lowest BCUT2D eigenvalue weighted by Crippen LogP contribution is -2.38. The van der Waals surface area contributed by atoms with E-state index in [1.807, 2.05) is 13.1 Å². The van der Waals surface area contributed by atoms with Gasteiger partial charge in [-0.25, -0.2) is 4.98 Å². The van der Waals surface area contributed by atoms with Crippen LogP contribution in [0.1, 0.15) is 32.9 Å². The number of hydrogen-bond acceptors (Lipinski definition) is 3. The summed E-state index contributed by atoms with van der Waals surface area (Å²) in [5.74, 6) is 1.76. The van der Waals surface area contributed by atoms with Crippen LogP contribution in [0.4, 0.5) is 5.82 Å². The molecule has 1 aromatic heterocycles. The highest BCUT2D eigenvalue weighted by Gasteiger charge is 2.37. The van der Waals surface area contributed by atoms with Gasteiger partial charge in [-0.15, -0.1) is 0 Å². The second-order valence-electron chi connectivity index (χ2n) is 5.25. The summed E-state index contributed by atoms with van der Waals surface area (Å²) in [6, 6.07) is 0. The van der Waals surface area contributed by atoms with E-state index in [0.717, 1.165) is 24.0 Å². The van der Waals surface area contributed by atoms with Crippen molar-refractivity contribution in [3.8, 4) is 0 Å². The summed E-state index contributed by atoms with van der Waals surface area (Å²) in [7, 11) is 0. The molecule has 1 saturated heterocycles. The van der Waals surface area contributed by atoms with Crippen molar-refractivity contribution >= 4 is 5.82 Å². The van der Waals surface area contributed by atoms with Gasteiger partial charge in [-0.3, -0.25) is 4.98 Å². The summed E-state index contributed by atoms with van der Waals surface area (Å²) in [6.45, 7) is 9.93. The number of aromatic nitrogens is 2. The molecule has 1 aromatic rings. The standard InChI is InChI=1S/C12H19N3/c1-9-5-12(3,4)15(8-9)11-7-13-6-10(2)14-11/h6-7,9H,5,8H2,1-4H3. The molecule has 3 heteroatoms. The van der Waals surface area contributed by atoms with Gasteiger partial charge in [0.05, 0.1) is 11.9 Å². The third-order valence-corrected chi connectivity index (χ3v) is 3.09. The van der Waals surface area contributed by atoms with Crippen LogP contribution in [0.15, 0.2) is 12.4 Å². The van der Waals surface area contributed by atoms with Crippen LogP contribution in [0, 0.1) is 12.8 Å². The van der Waals surface area contributed by atoms with Gasteiger partial charge in [-0.2, -0.15) is 0 Å². The molecular formula is C12H19N3. The molecular weight excluding hydrogens is 186 g/mol. The van der Waals surface area contributed by atoms with E-state index < -0.39 is 0 Å². The summed E-state index contributed by atoms with van der Waals surface area (Å²) in [5, 5.41) is 0. The van der Waals surface area contributed by atoms with Crippen LogP contribution >= 0.6 is 0 Å². The lowest BCUT2D eigenvalue weighted by molar-refractivity contribution is 0.485. The van der Waals surface area contributed by atoms with Gasteiger partial charge in [-0.05, 0) is 33.1 Å². The van der Waals surface area contributed by atoms with E-state index in [1.54, 1.807) is 6.20 Å². The predicted molar refractivity (Wildman–Crippen MR) is 62.0 cm³/mol. The van der Waals surface area contributed by atoms with Crippen LogP contribution in [-0.2, 0) is 0 Å². The summed E-state index contributed by atoms with van der Waals surface area (Å²) in [4.78, 5) is 11.1. The van der Waals surface area contributed by atoms with Gasteiger partial charge >= 0.3 is 0 Å². The molecule has 3 nitrogen and oxygen atoms in total. The summed E-state index contributed by atoms with van der Waals surface area (Å²) in [6.07, 6.45) is 4.89. The Morgan fingerprint density at radius 2 is 2.13 bits per heavy atom. The quantitative estimate of drug-likeness (QED) is 0.705. The Morgan fingerprint density at radius 1 is 1.40 bits per heavy atom. The molecule has 1 aliphatic heterocycles. The largest absolute Gasteiger partial charge is 0.350 e. The van der Waals surface area contributed by atoms with Gasteiger partial charge in [0.1, 0.15) is 5.82 Å². The zero-order chi connectivity index (χ0) is 11.1. The average molecular weight is 205 g/mol. The Labute approximate surface area is 91.5 Å². The molecule has 0 spiro atoms. The molecule has 0 N–H and O–H groups in total. The normalized spacial score (nSPS) is 24.5. The second-order valence-corrected chi connectivity index (χ2v) is 5.25. The number of hydrogen-bond donors (Lipinski definition) is 0. The van der Waals surface area contributed by atoms with E-state index in [4.69, 9.17) is 0 Å². The maximum absolute atomic E-state index is 4.55. The van der Waals surface area contributed by atoms with Gasteiger partial charge in [0.2, 0.25) is 0 Å². The number of nitrogens with zero attached hydrogens (tertiary/aromatic N) is 3.